The van der Waals surface area contributed by atoms with Gasteiger partial charge >= 0.3 is 5.97 Å². The molecule has 1 fully saturated rings. The summed E-state index contributed by atoms with van der Waals surface area (Å²) in [6.07, 6.45) is 8.01. The first-order valence-corrected chi connectivity index (χ1v) is 8.68. The molecule has 1 rings (SSSR count). The van der Waals surface area contributed by atoms with E-state index < -0.39 is 30.6 Å². The maximum atomic E-state index is 10.5. The van der Waals surface area contributed by atoms with Crippen LogP contribution in [-0.4, -0.2) is 51.0 Å². The summed E-state index contributed by atoms with van der Waals surface area (Å²) in [4.78, 5) is 10.5. The Balaban J connectivity index is 2.60. The SMILES string of the molecule is CCCCC[C@H](O)/C=C/[C@H]1O[C@@H](O)C[C@H](O)[C@@H]1C/C=C\CC(=O)O. The Morgan fingerprint density at radius 1 is 1.29 bits per heavy atom. The van der Waals surface area contributed by atoms with Gasteiger partial charge in [0.15, 0.2) is 6.29 Å². The van der Waals surface area contributed by atoms with Crippen molar-refractivity contribution >= 4 is 5.97 Å². The molecule has 0 aromatic carbocycles. The van der Waals surface area contributed by atoms with Gasteiger partial charge in [0.25, 0.3) is 0 Å². The van der Waals surface area contributed by atoms with E-state index in [0.717, 1.165) is 19.3 Å². The molecule has 5 atom stereocenters. The molecule has 1 aliphatic heterocycles. The van der Waals surface area contributed by atoms with Crippen molar-refractivity contribution < 1.29 is 30.0 Å². The molecule has 1 saturated heterocycles. The number of carboxylic acid groups (broad SMARTS) is 1. The van der Waals surface area contributed by atoms with Crippen molar-refractivity contribution in [1.29, 1.82) is 0 Å². The number of hydrogen-bond donors (Lipinski definition) is 4. The van der Waals surface area contributed by atoms with Crippen LogP contribution in [0.2, 0.25) is 0 Å². The van der Waals surface area contributed by atoms with Gasteiger partial charge in [-0.1, -0.05) is 50.5 Å². The van der Waals surface area contributed by atoms with Gasteiger partial charge in [0.2, 0.25) is 0 Å². The van der Waals surface area contributed by atoms with E-state index in [0.29, 0.717) is 12.8 Å². The highest BCUT2D eigenvalue weighted by atomic mass is 16.6. The van der Waals surface area contributed by atoms with Crippen molar-refractivity contribution in [1.82, 2.24) is 0 Å². The van der Waals surface area contributed by atoms with E-state index in [9.17, 15) is 20.1 Å². The number of hydrogen-bond acceptors (Lipinski definition) is 5. The molecule has 6 nitrogen and oxygen atoms in total. The fourth-order valence-electron chi connectivity index (χ4n) is 2.79. The second-order valence-corrected chi connectivity index (χ2v) is 6.28. The minimum Gasteiger partial charge on any atom is -0.481 e. The van der Waals surface area contributed by atoms with Crippen molar-refractivity contribution in [3.8, 4) is 0 Å². The Kier molecular flexibility index (Phi) is 9.86. The molecule has 138 valence electrons. The Morgan fingerprint density at radius 2 is 2.04 bits per heavy atom. The van der Waals surface area contributed by atoms with Gasteiger partial charge in [-0.15, -0.1) is 0 Å². The van der Waals surface area contributed by atoms with Crippen LogP contribution in [0.25, 0.3) is 0 Å². The average molecular weight is 342 g/mol. The number of aliphatic hydroxyl groups is 3. The lowest BCUT2D eigenvalue weighted by Crippen LogP contribution is -2.43. The maximum absolute atomic E-state index is 10.5. The Labute approximate surface area is 143 Å². The third-order valence-corrected chi connectivity index (χ3v) is 4.17. The zero-order chi connectivity index (χ0) is 17.9. The lowest BCUT2D eigenvalue weighted by atomic mass is 9.87. The zero-order valence-electron chi connectivity index (χ0n) is 14.3. The van der Waals surface area contributed by atoms with E-state index in [4.69, 9.17) is 9.84 Å². The first-order chi connectivity index (χ1) is 11.4. The second kappa shape index (κ2) is 11.4. The van der Waals surface area contributed by atoms with Crippen LogP contribution in [0.1, 0.15) is 51.9 Å². The Hall–Kier alpha value is -1.21. The molecule has 0 radical (unpaired) electrons. The van der Waals surface area contributed by atoms with Gasteiger partial charge in [-0.05, 0) is 12.8 Å². The molecule has 0 saturated carbocycles. The molecule has 6 heteroatoms. The highest BCUT2D eigenvalue weighted by Crippen LogP contribution is 2.29. The minimum absolute atomic E-state index is 0.0665. The van der Waals surface area contributed by atoms with Crippen molar-refractivity contribution in [3.63, 3.8) is 0 Å². The third-order valence-electron chi connectivity index (χ3n) is 4.17. The average Bonchev–Trinajstić information content (AvgIpc) is 2.51. The van der Waals surface area contributed by atoms with Crippen LogP contribution in [0.15, 0.2) is 24.3 Å². The van der Waals surface area contributed by atoms with E-state index in [2.05, 4.69) is 6.92 Å². The van der Waals surface area contributed by atoms with Gasteiger partial charge in [-0.25, -0.2) is 0 Å². The van der Waals surface area contributed by atoms with E-state index >= 15 is 0 Å². The molecular weight excluding hydrogens is 312 g/mol. The van der Waals surface area contributed by atoms with Crippen LogP contribution in [0.4, 0.5) is 0 Å². The standard InChI is InChI=1S/C18H30O6/c1-2-3-4-7-13(19)10-11-16-14(8-5-6-9-17(21)22)15(20)12-18(23)24-16/h5-6,10-11,13-16,18-20,23H,2-4,7-9,12H2,1H3,(H,21,22)/b6-5-,11-10+/t13-,14-,15-,16+,18+/m0/s1. The summed E-state index contributed by atoms with van der Waals surface area (Å²) < 4.78 is 5.47. The van der Waals surface area contributed by atoms with Crippen LogP contribution in [-0.2, 0) is 9.53 Å². The van der Waals surface area contributed by atoms with E-state index in [1.54, 1.807) is 24.3 Å². The number of allylic oxidation sites excluding steroid dienone is 1. The molecule has 1 aliphatic rings. The van der Waals surface area contributed by atoms with Gasteiger partial charge in [0, 0.05) is 12.3 Å². The Bertz CT molecular complexity index is 420. The maximum Gasteiger partial charge on any atom is 0.307 e. The van der Waals surface area contributed by atoms with Crippen LogP contribution >= 0.6 is 0 Å². The summed E-state index contributed by atoms with van der Waals surface area (Å²) in [6, 6.07) is 0. The predicted octanol–water partition coefficient (Wildman–Crippen LogP) is 1.99. The van der Waals surface area contributed by atoms with Crippen LogP contribution in [0, 0.1) is 5.92 Å². The van der Waals surface area contributed by atoms with Crippen molar-refractivity contribution in [2.24, 2.45) is 5.92 Å². The highest BCUT2D eigenvalue weighted by Gasteiger charge is 2.35. The number of ether oxygens (including phenoxy) is 1. The smallest absolute Gasteiger partial charge is 0.307 e. The summed E-state index contributed by atoms with van der Waals surface area (Å²) in [6.45, 7) is 2.10. The topological polar surface area (TPSA) is 107 Å². The summed E-state index contributed by atoms with van der Waals surface area (Å²) in [5.74, 6) is -1.19. The largest absolute Gasteiger partial charge is 0.481 e. The van der Waals surface area contributed by atoms with Crippen molar-refractivity contribution in [2.45, 2.75) is 76.5 Å². The van der Waals surface area contributed by atoms with Gasteiger partial charge in [0.1, 0.15) is 0 Å². The van der Waals surface area contributed by atoms with Crippen molar-refractivity contribution in [2.75, 3.05) is 0 Å². The lowest BCUT2D eigenvalue weighted by Gasteiger charge is -2.36. The summed E-state index contributed by atoms with van der Waals surface area (Å²) in [5.41, 5.74) is 0. The third kappa shape index (κ3) is 8.06. The highest BCUT2D eigenvalue weighted by molar-refractivity contribution is 5.68. The molecule has 4 N–H and O–H groups in total. The second-order valence-electron chi connectivity index (χ2n) is 6.28. The number of rotatable bonds is 10. The fraction of sp³-hybridized carbons (Fsp3) is 0.722. The van der Waals surface area contributed by atoms with Gasteiger partial charge in [-0.3, -0.25) is 4.79 Å². The molecule has 0 unspecified atom stereocenters. The van der Waals surface area contributed by atoms with E-state index in [-0.39, 0.29) is 18.8 Å². The molecule has 0 amide bonds. The number of unbranched alkanes of at least 4 members (excludes halogenated alkanes) is 2. The lowest BCUT2D eigenvalue weighted by molar-refractivity contribution is -0.199. The number of aliphatic carboxylic acids is 1. The number of carbonyl (C=O) groups is 1. The molecular formula is C18H30O6. The van der Waals surface area contributed by atoms with Crippen LogP contribution in [0.3, 0.4) is 0 Å². The number of carboxylic acids is 1. The van der Waals surface area contributed by atoms with Gasteiger partial charge in [-0.2, -0.15) is 0 Å². The minimum atomic E-state index is -1.04. The molecule has 0 spiro atoms. The Morgan fingerprint density at radius 3 is 2.71 bits per heavy atom. The molecule has 0 aromatic heterocycles. The summed E-state index contributed by atoms with van der Waals surface area (Å²) >= 11 is 0. The first-order valence-electron chi connectivity index (χ1n) is 8.68. The molecule has 0 aliphatic carbocycles. The quantitative estimate of drug-likeness (QED) is 0.357. The van der Waals surface area contributed by atoms with Gasteiger partial charge < -0.3 is 25.2 Å². The summed E-state index contributed by atoms with van der Waals surface area (Å²) in [7, 11) is 0. The molecule has 0 aromatic rings. The van der Waals surface area contributed by atoms with Crippen LogP contribution in [0.5, 0.6) is 0 Å². The first kappa shape index (κ1) is 20.8. The normalized spacial score (nSPS) is 29.3. The molecule has 0 bridgehead atoms. The van der Waals surface area contributed by atoms with E-state index in [1.807, 2.05) is 0 Å². The van der Waals surface area contributed by atoms with E-state index in [1.165, 1.54) is 0 Å². The van der Waals surface area contributed by atoms with Gasteiger partial charge in [0.05, 0.1) is 24.7 Å². The van der Waals surface area contributed by atoms with Crippen molar-refractivity contribution in [3.05, 3.63) is 24.3 Å². The molecule has 24 heavy (non-hydrogen) atoms. The predicted molar refractivity (Wildman–Crippen MR) is 90.3 cm³/mol. The summed E-state index contributed by atoms with van der Waals surface area (Å²) in [5, 5.41) is 38.4. The fourth-order valence-corrected chi connectivity index (χ4v) is 2.79. The van der Waals surface area contributed by atoms with Crippen LogP contribution < -0.4 is 0 Å². The molecule has 1 heterocycles. The zero-order valence-corrected chi connectivity index (χ0v) is 14.3. The number of aliphatic hydroxyl groups excluding tert-OH is 3. The monoisotopic (exact) mass is 342 g/mol.